The summed E-state index contributed by atoms with van der Waals surface area (Å²) in [5, 5.41) is 0. The summed E-state index contributed by atoms with van der Waals surface area (Å²) in [5.74, 6) is 0.304. The van der Waals surface area contributed by atoms with E-state index in [0.29, 0.717) is 12.4 Å². The third-order valence-corrected chi connectivity index (χ3v) is 3.58. The van der Waals surface area contributed by atoms with E-state index in [4.69, 9.17) is 5.73 Å². The molecule has 1 aromatic carbocycles. The fraction of sp³-hybridized carbons (Fsp3) is 0.333. The van der Waals surface area contributed by atoms with Crippen LogP contribution in [0.3, 0.4) is 0 Å². The van der Waals surface area contributed by atoms with E-state index in [9.17, 15) is 4.79 Å². The van der Waals surface area contributed by atoms with Gasteiger partial charge in [-0.15, -0.1) is 11.8 Å². The maximum atomic E-state index is 11.7. The zero-order valence-electron chi connectivity index (χ0n) is 9.88. The minimum atomic E-state index is -0.147. The van der Waals surface area contributed by atoms with Crippen molar-refractivity contribution < 1.29 is 4.79 Å². The van der Waals surface area contributed by atoms with Gasteiger partial charge in [0.05, 0.1) is 12.5 Å². The number of amides is 1. The van der Waals surface area contributed by atoms with E-state index in [-0.39, 0.29) is 11.9 Å². The van der Waals surface area contributed by atoms with E-state index in [2.05, 4.69) is 11.1 Å². The fourth-order valence-corrected chi connectivity index (χ4v) is 2.23. The molecule has 1 aliphatic rings. The number of carbonyl (C=O) groups is 1. The molecule has 0 bridgehead atoms. The third kappa shape index (κ3) is 2.44. The van der Waals surface area contributed by atoms with E-state index < -0.39 is 0 Å². The normalized spacial score (nSPS) is 20.4. The summed E-state index contributed by atoms with van der Waals surface area (Å²) in [6.07, 6.45) is 2.41. The molecule has 5 heteroatoms. The van der Waals surface area contributed by atoms with Crippen LogP contribution in [0.25, 0.3) is 0 Å². The Labute approximate surface area is 105 Å². The predicted molar refractivity (Wildman–Crippen MR) is 70.0 cm³/mol. The van der Waals surface area contributed by atoms with Gasteiger partial charge in [-0.1, -0.05) is 12.1 Å². The van der Waals surface area contributed by atoms with Crippen LogP contribution in [0.1, 0.15) is 18.0 Å². The van der Waals surface area contributed by atoms with Crippen molar-refractivity contribution in [1.82, 2.24) is 4.90 Å². The largest absolute Gasteiger partial charge is 0.369 e. The summed E-state index contributed by atoms with van der Waals surface area (Å²) in [7, 11) is 1.65. The Morgan fingerprint density at radius 3 is 2.94 bits per heavy atom. The van der Waals surface area contributed by atoms with Crippen LogP contribution in [0.2, 0.25) is 0 Å². The zero-order valence-corrected chi connectivity index (χ0v) is 10.7. The van der Waals surface area contributed by atoms with E-state index in [1.165, 1.54) is 9.80 Å². The number of carbonyl (C=O) groups excluding carboxylic acids is 1. The lowest BCUT2D eigenvalue weighted by atomic mass is 10.0. The molecule has 2 rings (SSSR count). The Kier molecular flexibility index (Phi) is 3.38. The van der Waals surface area contributed by atoms with Gasteiger partial charge in [-0.3, -0.25) is 9.69 Å². The summed E-state index contributed by atoms with van der Waals surface area (Å²) in [5.41, 5.74) is 6.76. The average Bonchev–Trinajstić information content (AvgIpc) is 2.35. The Balaban J connectivity index is 2.31. The molecule has 1 aliphatic heterocycles. The highest BCUT2D eigenvalue weighted by molar-refractivity contribution is 7.98. The molecule has 2 N–H and O–H groups in total. The Bertz CT molecular complexity index is 473. The molecule has 90 valence electrons. The van der Waals surface area contributed by atoms with E-state index >= 15 is 0 Å². The van der Waals surface area contributed by atoms with E-state index in [1.807, 2.05) is 24.5 Å². The van der Waals surface area contributed by atoms with Gasteiger partial charge in [-0.25, -0.2) is 4.99 Å². The molecule has 1 heterocycles. The highest BCUT2D eigenvalue weighted by Crippen LogP contribution is 2.28. The average molecular weight is 249 g/mol. The molecule has 1 aromatic rings. The Morgan fingerprint density at radius 1 is 1.53 bits per heavy atom. The monoisotopic (exact) mass is 249 g/mol. The lowest BCUT2D eigenvalue weighted by Crippen LogP contribution is -2.42. The second-order valence-corrected chi connectivity index (χ2v) is 4.82. The molecule has 0 radical (unpaired) electrons. The maximum absolute atomic E-state index is 11.7. The van der Waals surface area contributed by atoms with Crippen molar-refractivity contribution in [3.8, 4) is 0 Å². The summed E-state index contributed by atoms with van der Waals surface area (Å²) >= 11 is 1.67. The minimum absolute atomic E-state index is 0.0112. The highest BCUT2D eigenvalue weighted by Gasteiger charge is 2.25. The van der Waals surface area contributed by atoms with Crippen molar-refractivity contribution in [2.24, 2.45) is 10.7 Å². The number of hydrogen-bond acceptors (Lipinski definition) is 4. The van der Waals surface area contributed by atoms with Crippen molar-refractivity contribution >= 4 is 23.6 Å². The second kappa shape index (κ2) is 4.79. The van der Waals surface area contributed by atoms with Gasteiger partial charge in [-0.2, -0.15) is 0 Å². The number of nitrogens with two attached hydrogens (primary N) is 1. The molecule has 0 aliphatic carbocycles. The first-order chi connectivity index (χ1) is 8.11. The van der Waals surface area contributed by atoms with Gasteiger partial charge < -0.3 is 5.73 Å². The molecule has 0 spiro atoms. The van der Waals surface area contributed by atoms with Gasteiger partial charge >= 0.3 is 0 Å². The number of hydrogen-bond donors (Lipinski definition) is 1. The standard InChI is InChI=1S/C12H15N3OS/c1-15-11(16)7-10(14-12(15)13)8-4-3-5-9(6-8)17-2/h3-6,10H,7H2,1-2H3,(H2,13,14). The highest BCUT2D eigenvalue weighted by atomic mass is 32.2. The number of aliphatic imine (C=N–C) groups is 1. The lowest BCUT2D eigenvalue weighted by molar-refractivity contribution is -0.127. The second-order valence-electron chi connectivity index (χ2n) is 3.94. The lowest BCUT2D eigenvalue weighted by Gasteiger charge is -2.25. The number of benzene rings is 1. The van der Waals surface area contributed by atoms with Crippen molar-refractivity contribution in [2.45, 2.75) is 17.4 Å². The topological polar surface area (TPSA) is 58.7 Å². The third-order valence-electron chi connectivity index (χ3n) is 2.85. The molecule has 0 saturated heterocycles. The zero-order chi connectivity index (χ0) is 12.4. The van der Waals surface area contributed by atoms with Crippen molar-refractivity contribution in [3.63, 3.8) is 0 Å². The number of rotatable bonds is 2. The van der Waals surface area contributed by atoms with Crippen LogP contribution in [-0.2, 0) is 4.79 Å². The van der Waals surface area contributed by atoms with Crippen molar-refractivity contribution in [3.05, 3.63) is 29.8 Å². The molecule has 4 nitrogen and oxygen atoms in total. The van der Waals surface area contributed by atoms with Gasteiger partial charge in [0.2, 0.25) is 5.91 Å². The smallest absolute Gasteiger partial charge is 0.231 e. The van der Waals surface area contributed by atoms with Gasteiger partial charge in [-0.05, 0) is 24.0 Å². The molecule has 0 aromatic heterocycles. The van der Waals surface area contributed by atoms with Crippen molar-refractivity contribution in [1.29, 1.82) is 0 Å². The van der Waals surface area contributed by atoms with E-state index in [1.54, 1.807) is 18.8 Å². The molecular formula is C12H15N3OS. The van der Waals surface area contributed by atoms with Gasteiger partial charge in [0, 0.05) is 11.9 Å². The molecule has 1 unspecified atom stereocenters. The van der Waals surface area contributed by atoms with Crippen LogP contribution < -0.4 is 5.73 Å². The summed E-state index contributed by atoms with van der Waals surface area (Å²) in [6, 6.07) is 7.92. The molecule has 17 heavy (non-hydrogen) atoms. The van der Waals surface area contributed by atoms with Crippen molar-refractivity contribution in [2.75, 3.05) is 13.3 Å². The summed E-state index contributed by atoms with van der Waals surface area (Å²) < 4.78 is 0. The van der Waals surface area contributed by atoms with Gasteiger partial charge in [0.25, 0.3) is 0 Å². The molecule has 1 amide bonds. The van der Waals surface area contributed by atoms with Crippen LogP contribution in [0.15, 0.2) is 34.2 Å². The number of thioether (sulfide) groups is 1. The fourth-order valence-electron chi connectivity index (χ4n) is 1.76. The van der Waals surface area contributed by atoms with Crippen LogP contribution in [0, 0.1) is 0 Å². The summed E-state index contributed by atoms with van der Waals surface area (Å²) in [6.45, 7) is 0. The predicted octanol–water partition coefficient (Wildman–Crippen LogP) is 1.63. The van der Waals surface area contributed by atoms with Crippen LogP contribution in [-0.4, -0.2) is 30.1 Å². The van der Waals surface area contributed by atoms with Crippen LogP contribution in [0.5, 0.6) is 0 Å². The number of nitrogens with zero attached hydrogens (tertiary/aromatic N) is 2. The quantitative estimate of drug-likeness (QED) is 0.810. The molecule has 0 saturated carbocycles. The SMILES string of the molecule is CSc1cccc(C2CC(=O)N(C)C(N)=N2)c1. The molecular weight excluding hydrogens is 234 g/mol. The Morgan fingerprint density at radius 2 is 2.29 bits per heavy atom. The van der Waals surface area contributed by atoms with Gasteiger partial charge in [0.15, 0.2) is 5.96 Å². The molecule has 0 fully saturated rings. The Hall–Kier alpha value is -1.49. The first-order valence-corrected chi connectivity index (χ1v) is 6.58. The van der Waals surface area contributed by atoms with Crippen LogP contribution >= 0.6 is 11.8 Å². The first kappa shape index (κ1) is 12.0. The maximum Gasteiger partial charge on any atom is 0.231 e. The number of guanidine groups is 1. The van der Waals surface area contributed by atoms with Gasteiger partial charge in [0.1, 0.15) is 0 Å². The molecule has 1 atom stereocenters. The van der Waals surface area contributed by atoms with Crippen LogP contribution in [0.4, 0.5) is 0 Å². The van der Waals surface area contributed by atoms with E-state index in [0.717, 1.165) is 5.56 Å². The first-order valence-electron chi connectivity index (χ1n) is 5.35. The minimum Gasteiger partial charge on any atom is -0.369 e. The summed E-state index contributed by atoms with van der Waals surface area (Å²) in [4.78, 5) is 18.6.